The Balaban J connectivity index is 2.14. The number of aliphatic hydroxyl groups excluding tert-OH is 2. The Kier molecular flexibility index (Phi) is 5.99. The number of hydrogen-bond donors (Lipinski definition) is 2. The van der Waals surface area contributed by atoms with Crippen LogP contribution in [-0.2, 0) is 9.59 Å². The highest BCUT2D eigenvalue weighted by molar-refractivity contribution is 9.10. The van der Waals surface area contributed by atoms with Crippen LogP contribution in [0.25, 0.3) is 5.76 Å². The fourth-order valence-corrected chi connectivity index (χ4v) is 3.50. The van der Waals surface area contributed by atoms with Gasteiger partial charge >= 0.3 is 0 Å². The van der Waals surface area contributed by atoms with Crippen molar-refractivity contribution in [3.63, 3.8) is 0 Å². The Labute approximate surface area is 170 Å². The minimum atomic E-state index is -0.742. The highest BCUT2D eigenvalue weighted by Crippen LogP contribution is 2.39. The maximum absolute atomic E-state index is 12.7. The van der Waals surface area contributed by atoms with Crippen LogP contribution in [0.1, 0.15) is 23.6 Å². The first-order valence-corrected chi connectivity index (χ1v) is 9.52. The normalized spacial score (nSPS) is 18.9. The van der Waals surface area contributed by atoms with Crippen molar-refractivity contribution < 1.29 is 19.8 Å². The molecule has 1 unspecified atom stereocenters. The molecule has 7 heteroatoms. The summed E-state index contributed by atoms with van der Waals surface area (Å²) in [6.07, 6.45) is 0.334. The van der Waals surface area contributed by atoms with E-state index in [9.17, 15) is 14.7 Å². The average molecular weight is 451 g/mol. The summed E-state index contributed by atoms with van der Waals surface area (Å²) >= 11 is 9.26. The Morgan fingerprint density at radius 1 is 1.07 bits per heavy atom. The molecule has 1 heterocycles. The third-order valence-corrected chi connectivity index (χ3v) is 5.18. The summed E-state index contributed by atoms with van der Waals surface area (Å²) in [5.74, 6) is -1.68. The van der Waals surface area contributed by atoms with E-state index in [-0.39, 0.29) is 24.5 Å². The summed E-state index contributed by atoms with van der Waals surface area (Å²) in [5.41, 5.74) is 1.13. The lowest BCUT2D eigenvalue weighted by atomic mass is 9.95. The van der Waals surface area contributed by atoms with Crippen LogP contribution in [0.2, 0.25) is 5.02 Å². The first kappa shape index (κ1) is 19.6. The number of hydrogen-bond acceptors (Lipinski definition) is 4. The molecule has 2 aromatic carbocycles. The van der Waals surface area contributed by atoms with E-state index in [4.69, 9.17) is 16.7 Å². The Morgan fingerprint density at radius 3 is 2.30 bits per heavy atom. The number of likely N-dealkylation sites (tertiary alicyclic amines) is 1. The highest BCUT2D eigenvalue weighted by atomic mass is 79.9. The van der Waals surface area contributed by atoms with Gasteiger partial charge in [-0.15, -0.1) is 0 Å². The van der Waals surface area contributed by atoms with Gasteiger partial charge in [0.25, 0.3) is 11.7 Å². The maximum Gasteiger partial charge on any atom is 0.295 e. The number of amides is 1. The number of nitrogens with zero attached hydrogens (tertiary/aromatic N) is 1. The van der Waals surface area contributed by atoms with Crippen LogP contribution in [0.4, 0.5) is 0 Å². The van der Waals surface area contributed by atoms with E-state index in [2.05, 4.69) is 15.9 Å². The lowest BCUT2D eigenvalue weighted by molar-refractivity contribution is -0.140. The first-order chi connectivity index (χ1) is 12.9. The van der Waals surface area contributed by atoms with Gasteiger partial charge in [-0.2, -0.15) is 0 Å². The predicted octanol–water partition coefficient (Wildman–Crippen LogP) is 3.91. The third-order valence-electron chi connectivity index (χ3n) is 4.40. The summed E-state index contributed by atoms with van der Waals surface area (Å²) in [6, 6.07) is 12.9. The Bertz CT molecular complexity index is 893. The van der Waals surface area contributed by atoms with Crippen LogP contribution in [0.5, 0.6) is 0 Å². The van der Waals surface area contributed by atoms with Crippen LogP contribution in [0, 0.1) is 0 Å². The van der Waals surface area contributed by atoms with Crippen molar-refractivity contribution in [2.24, 2.45) is 0 Å². The SMILES string of the molecule is O=C1C(=O)N(CCCO)C(c2ccc(Br)cc2)C1=C(O)c1ccc(Cl)cc1. The topological polar surface area (TPSA) is 77.8 Å². The molecule has 0 spiro atoms. The van der Waals surface area contributed by atoms with Gasteiger partial charge in [0.2, 0.25) is 0 Å². The molecular formula is C20H17BrClNO4. The molecule has 1 saturated heterocycles. The first-order valence-electron chi connectivity index (χ1n) is 8.34. The van der Waals surface area contributed by atoms with Crippen molar-refractivity contribution in [3.05, 3.63) is 74.7 Å². The Morgan fingerprint density at radius 2 is 1.70 bits per heavy atom. The number of carbonyl (C=O) groups is 2. The summed E-state index contributed by atoms with van der Waals surface area (Å²) in [6.45, 7) is 0.104. The quantitative estimate of drug-likeness (QED) is 0.411. The molecule has 1 amide bonds. The molecule has 0 saturated carbocycles. The second-order valence-electron chi connectivity index (χ2n) is 6.13. The maximum atomic E-state index is 12.7. The minimum absolute atomic E-state index is 0.0302. The molecule has 2 aromatic rings. The standard InChI is InChI=1S/C20H17BrClNO4/c21-14-6-2-12(3-7-14)17-16(18(25)13-4-8-15(22)9-5-13)19(26)20(27)23(17)10-1-11-24/h2-9,17,24-25H,1,10-11H2. The summed E-state index contributed by atoms with van der Waals surface area (Å²) in [5, 5.41) is 20.5. The zero-order valence-corrected chi connectivity index (χ0v) is 16.6. The van der Waals surface area contributed by atoms with Gasteiger partial charge in [-0.05, 0) is 48.4 Å². The zero-order valence-electron chi connectivity index (χ0n) is 14.2. The van der Waals surface area contributed by atoms with Crippen molar-refractivity contribution in [1.29, 1.82) is 0 Å². The van der Waals surface area contributed by atoms with Crippen LogP contribution in [0.3, 0.4) is 0 Å². The van der Waals surface area contributed by atoms with Crippen LogP contribution in [-0.4, -0.2) is 40.0 Å². The van der Waals surface area contributed by atoms with E-state index in [1.54, 1.807) is 36.4 Å². The third kappa shape index (κ3) is 3.93. The molecule has 3 rings (SSSR count). The molecule has 0 aromatic heterocycles. The number of halogens is 2. The summed E-state index contributed by atoms with van der Waals surface area (Å²) in [7, 11) is 0. The monoisotopic (exact) mass is 449 g/mol. The lowest BCUT2D eigenvalue weighted by Crippen LogP contribution is -2.31. The van der Waals surface area contributed by atoms with E-state index >= 15 is 0 Å². The lowest BCUT2D eigenvalue weighted by Gasteiger charge is -2.25. The molecule has 0 aliphatic carbocycles. The van der Waals surface area contributed by atoms with Crippen molar-refractivity contribution >= 4 is 45.0 Å². The molecule has 5 nitrogen and oxygen atoms in total. The molecule has 1 atom stereocenters. The van der Waals surface area contributed by atoms with E-state index in [1.165, 1.54) is 4.90 Å². The fourth-order valence-electron chi connectivity index (χ4n) is 3.11. The van der Waals surface area contributed by atoms with E-state index < -0.39 is 17.7 Å². The van der Waals surface area contributed by atoms with Crippen molar-refractivity contribution in [3.8, 4) is 0 Å². The van der Waals surface area contributed by atoms with Crippen molar-refractivity contribution in [2.45, 2.75) is 12.5 Å². The largest absolute Gasteiger partial charge is 0.507 e. The van der Waals surface area contributed by atoms with Gasteiger partial charge in [0.15, 0.2) is 0 Å². The fraction of sp³-hybridized carbons (Fsp3) is 0.200. The molecule has 0 radical (unpaired) electrons. The van der Waals surface area contributed by atoms with E-state index in [1.807, 2.05) is 12.1 Å². The number of aliphatic hydroxyl groups is 2. The van der Waals surface area contributed by atoms with Crippen LogP contribution in [0.15, 0.2) is 58.6 Å². The van der Waals surface area contributed by atoms with Gasteiger partial charge in [-0.1, -0.05) is 39.7 Å². The van der Waals surface area contributed by atoms with Crippen LogP contribution >= 0.6 is 27.5 Å². The second-order valence-corrected chi connectivity index (χ2v) is 7.48. The summed E-state index contributed by atoms with van der Waals surface area (Å²) < 4.78 is 0.858. The molecule has 1 aliphatic heterocycles. The van der Waals surface area contributed by atoms with Gasteiger partial charge < -0.3 is 15.1 Å². The van der Waals surface area contributed by atoms with Crippen molar-refractivity contribution in [1.82, 2.24) is 4.90 Å². The summed E-state index contributed by atoms with van der Waals surface area (Å²) in [4.78, 5) is 26.7. The average Bonchev–Trinajstić information content (AvgIpc) is 2.91. The number of benzene rings is 2. The van der Waals surface area contributed by atoms with Gasteiger partial charge in [0.1, 0.15) is 5.76 Å². The van der Waals surface area contributed by atoms with Crippen molar-refractivity contribution in [2.75, 3.05) is 13.2 Å². The number of carbonyl (C=O) groups excluding carboxylic acids is 2. The molecule has 140 valence electrons. The molecule has 1 aliphatic rings. The smallest absolute Gasteiger partial charge is 0.295 e. The van der Waals surface area contributed by atoms with E-state index in [0.717, 1.165) is 4.47 Å². The number of ketones is 1. The van der Waals surface area contributed by atoms with Gasteiger partial charge in [-0.3, -0.25) is 9.59 Å². The molecule has 2 N–H and O–H groups in total. The highest BCUT2D eigenvalue weighted by Gasteiger charge is 2.45. The minimum Gasteiger partial charge on any atom is -0.507 e. The number of Topliss-reactive ketones (excluding diaryl/α,β-unsaturated/α-hetero) is 1. The molecule has 1 fully saturated rings. The molecular weight excluding hydrogens is 434 g/mol. The molecule has 27 heavy (non-hydrogen) atoms. The van der Waals surface area contributed by atoms with Gasteiger partial charge in [0.05, 0.1) is 11.6 Å². The van der Waals surface area contributed by atoms with Gasteiger partial charge in [0, 0.05) is 28.2 Å². The molecule has 0 bridgehead atoms. The van der Waals surface area contributed by atoms with Crippen LogP contribution < -0.4 is 0 Å². The van der Waals surface area contributed by atoms with E-state index in [0.29, 0.717) is 22.6 Å². The predicted molar refractivity (Wildman–Crippen MR) is 106 cm³/mol. The Hall–Kier alpha value is -2.15. The second kappa shape index (κ2) is 8.25. The number of rotatable bonds is 5. The zero-order chi connectivity index (χ0) is 19.6. The van der Waals surface area contributed by atoms with Gasteiger partial charge in [-0.25, -0.2) is 0 Å².